The molecule has 2 aliphatic carbocycles. The van der Waals surface area contributed by atoms with Crippen molar-refractivity contribution in [2.75, 3.05) is 24.6 Å². The quantitative estimate of drug-likeness (QED) is 0.748. The average molecular weight is 298 g/mol. The minimum atomic E-state index is -0.678. The zero-order valence-electron chi connectivity index (χ0n) is 12.3. The Morgan fingerprint density at radius 3 is 2.65 bits per heavy atom. The number of aliphatic carboxylic acids is 1. The fourth-order valence-electron chi connectivity index (χ4n) is 3.35. The molecule has 20 heavy (non-hydrogen) atoms. The number of rotatable bonds is 7. The van der Waals surface area contributed by atoms with Crippen molar-refractivity contribution in [2.24, 2.45) is 11.8 Å². The van der Waals surface area contributed by atoms with Crippen LogP contribution in [0.2, 0.25) is 0 Å². The van der Waals surface area contributed by atoms with Crippen LogP contribution in [0.4, 0.5) is 0 Å². The molecule has 0 aromatic rings. The summed E-state index contributed by atoms with van der Waals surface area (Å²) in [5.41, 5.74) is 0. The summed E-state index contributed by atoms with van der Waals surface area (Å²) < 4.78 is 0. The summed E-state index contributed by atoms with van der Waals surface area (Å²) in [6, 6.07) is 1.78. The Hall–Kier alpha value is -0.260. The van der Waals surface area contributed by atoms with E-state index < -0.39 is 5.97 Å². The van der Waals surface area contributed by atoms with Gasteiger partial charge in [0.15, 0.2) is 0 Å². The van der Waals surface area contributed by atoms with Gasteiger partial charge in [-0.05, 0) is 43.3 Å². The van der Waals surface area contributed by atoms with Crippen molar-refractivity contribution in [3.05, 3.63) is 0 Å². The van der Waals surface area contributed by atoms with Gasteiger partial charge in [-0.25, -0.2) is 0 Å². The number of hydrogen-bond donors (Lipinski definition) is 2. The summed E-state index contributed by atoms with van der Waals surface area (Å²) in [4.78, 5) is 13.2. The molecule has 2 N–H and O–H groups in total. The predicted octanol–water partition coefficient (Wildman–Crippen LogP) is 1.66. The number of carboxylic acid groups (broad SMARTS) is 1. The van der Waals surface area contributed by atoms with Gasteiger partial charge in [-0.15, -0.1) is 0 Å². The molecule has 2 atom stereocenters. The van der Waals surface area contributed by atoms with Crippen LogP contribution < -0.4 is 5.32 Å². The SMILES string of the molecule is CC1CSCC1NC1CC(N(CC(=O)O)CC2CC2)C1. The van der Waals surface area contributed by atoms with Gasteiger partial charge < -0.3 is 10.4 Å². The van der Waals surface area contributed by atoms with Crippen molar-refractivity contribution in [3.8, 4) is 0 Å². The molecule has 4 nitrogen and oxygen atoms in total. The minimum absolute atomic E-state index is 0.226. The van der Waals surface area contributed by atoms with Crippen molar-refractivity contribution in [3.63, 3.8) is 0 Å². The predicted molar refractivity (Wildman–Crippen MR) is 82.2 cm³/mol. The largest absolute Gasteiger partial charge is 0.480 e. The second-order valence-electron chi connectivity index (χ2n) is 6.88. The molecule has 114 valence electrons. The number of carbonyl (C=O) groups is 1. The Morgan fingerprint density at radius 1 is 1.35 bits per heavy atom. The van der Waals surface area contributed by atoms with Crippen molar-refractivity contribution in [2.45, 2.75) is 50.7 Å². The average Bonchev–Trinajstić information content (AvgIpc) is 3.04. The van der Waals surface area contributed by atoms with E-state index >= 15 is 0 Å². The van der Waals surface area contributed by atoms with E-state index in [1.807, 2.05) is 11.8 Å². The maximum Gasteiger partial charge on any atom is 0.317 e. The summed E-state index contributed by atoms with van der Waals surface area (Å²) >= 11 is 2.05. The summed E-state index contributed by atoms with van der Waals surface area (Å²) in [5.74, 6) is 3.39. The van der Waals surface area contributed by atoms with E-state index in [2.05, 4.69) is 17.1 Å². The molecule has 1 heterocycles. The fraction of sp³-hybridized carbons (Fsp3) is 0.933. The van der Waals surface area contributed by atoms with E-state index in [-0.39, 0.29) is 6.54 Å². The van der Waals surface area contributed by atoms with Crippen LogP contribution in [0.5, 0.6) is 0 Å². The first-order chi connectivity index (χ1) is 9.61. The van der Waals surface area contributed by atoms with E-state index in [1.54, 1.807) is 0 Å². The molecule has 3 aliphatic rings. The smallest absolute Gasteiger partial charge is 0.317 e. The Balaban J connectivity index is 1.43. The van der Waals surface area contributed by atoms with Crippen LogP contribution in [-0.4, -0.2) is 58.7 Å². The Labute approximate surface area is 125 Å². The molecule has 3 fully saturated rings. The molecule has 0 amide bonds. The summed E-state index contributed by atoms with van der Waals surface area (Å²) in [7, 11) is 0. The molecule has 2 unspecified atom stereocenters. The van der Waals surface area contributed by atoms with Gasteiger partial charge in [0.1, 0.15) is 0 Å². The van der Waals surface area contributed by atoms with Crippen LogP contribution in [0.25, 0.3) is 0 Å². The van der Waals surface area contributed by atoms with Crippen LogP contribution in [0.1, 0.15) is 32.6 Å². The molecular weight excluding hydrogens is 272 g/mol. The van der Waals surface area contributed by atoms with Crippen LogP contribution >= 0.6 is 11.8 Å². The van der Waals surface area contributed by atoms with Crippen molar-refractivity contribution < 1.29 is 9.90 Å². The van der Waals surface area contributed by atoms with Crippen molar-refractivity contribution >= 4 is 17.7 Å². The first-order valence-corrected chi connectivity index (χ1v) is 9.07. The van der Waals surface area contributed by atoms with Crippen LogP contribution in [0.15, 0.2) is 0 Å². The lowest BCUT2D eigenvalue weighted by Crippen LogP contribution is -2.56. The van der Waals surface area contributed by atoms with Gasteiger partial charge in [-0.3, -0.25) is 9.69 Å². The van der Waals surface area contributed by atoms with Gasteiger partial charge in [-0.1, -0.05) is 6.92 Å². The maximum absolute atomic E-state index is 11.0. The summed E-state index contributed by atoms with van der Waals surface area (Å²) in [5, 5.41) is 12.8. The third-order valence-electron chi connectivity index (χ3n) is 4.97. The normalized spacial score (nSPS) is 37.1. The van der Waals surface area contributed by atoms with Crippen molar-refractivity contribution in [1.82, 2.24) is 10.2 Å². The van der Waals surface area contributed by atoms with Gasteiger partial charge in [-0.2, -0.15) is 11.8 Å². The molecule has 1 saturated heterocycles. The van der Waals surface area contributed by atoms with Gasteiger partial charge in [0.2, 0.25) is 0 Å². The molecule has 3 rings (SSSR count). The van der Waals surface area contributed by atoms with Gasteiger partial charge in [0, 0.05) is 30.4 Å². The van der Waals surface area contributed by atoms with Gasteiger partial charge in [0.25, 0.3) is 0 Å². The lowest BCUT2D eigenvalue weighted by Gasteiger charge is -2.44. The molecular formula is C15H26N2O2S. The first kappa shape index (κ1) is 14.7. The first-order valence-electron chi connectivity index (χ1n) is 7.91. The number of thioether (sulfide) groups is 1. The summed E-state index contributed by atoms with van der Waals surface area (Å²) in [6.45, 7) is 3.56. The highest BCUT2D eigenvalue weighted by Gasteiger charge is 2.38. The highest BCUT2D eigenvalue weighted by molar-refractivity contribution is 7.99. The van der Waals surface area contributed by atoms with Gasteiger partial charge in [0.05, 0.1) is 6.54 Å². The topological polar surface area (TPSA) is 52.6 Å². The number of hydrogen-bond acceptors (Lipinski definition) is 4. The maximum atomic E-state index is 11.0. The third-order valence-corrected chi connectivity index (χ3v) is 6.33. The zero-order chi connectivity index (χ0) is 14.1. The molecule has 0 spiro atoms. The molecule has 0 aromatic heterocycles. The third kappa shape index (κ3) is 3.68. The van der Waals surface area contributed by atoms with Crippen molar-refractivity contribution in [1.29, 1.82) is 0 Å². The lowest BCUT2D eigenvalue weighted by molar-refractivity contribution is -0.139. The van der Waals surface area contributed by atoms with E-state index in [0.29, 0.717) is 18.1 Å². The van der Waals surface area contributed by atoms with Gasteiger partial charge >= 0.3 is 5.97 Å². The number of carboxylic acids is 1. The second-order valence-corrected chi connectivity index (χ2v) is 7.95. The lowest BCUT2D eigenvalue weighted by atomic mass is 9.84. The molecule has 0 bridgehead atoms. The molecule has 0 aromatic carbocycles. The van der Waals surface area contributed by atoms with E-state index in [0.717, 1.165) is 31.2 Å². The number of nitrogens with one attached hydrogen (secondary N) is 1. The van der Waals surface area contributed by atoms with Crippen LogP contribution in [-0.2, 0) is 4.79 Å². The highest BCUT2D eigenvalue weighted by Crippen LogP contribution is 2.34. The second kappa shape index (κ2) is 6.24. The highest BCUT2D eigenvalue weighted by atomic mass is 32.2. The zero-order valence-corrected chi connectivity index (χ0v) is 13.1. The fourth-order valence-corrected chi connectivity index (χ4v) is 4.77. The molecule has 1 aliphatic heterocycles. The van der Waals surface area contributed by atoms with Crippen LogP contribution in [0.3, 0.4) is 0 Å². The molecule has 0 radical (unpaired) electrons. The van der Waals surface area contributed by atoms with E-state index in [1.165, 1.54) is 24.3 Å². The minimum Gasteiger partial charge on any atom is -0.480 e. The Kier molecular flexibility index (Phi) is 4.58. The van der Waals surface area contributed by atoms with Crippen LogP contribution in [0, 0.1) is 11.8 Å². The Morgan fingerprint density at radius 2 is 2.10 bits per heavy atom. The van der Waals surface area contributed by atoms with E-state index in [4.69, 9.17) is 5.11 Å². The molecule has 2 saturated carbocycles. The standard InChI is InChI=1S/C15H26N2O2S/c1-10-8-20-9-14(10)16-12-4-13(5-12)17(7-15(18)19)6-11-2-3-11/h10-14,16H,2-9H2,1H3,(H,18,19). The summed E-state index contributed by atoms with van der Waals surface area (Å²) in [6.07, 6.45) is 4.85. The number of nitrogens with zero attached hydrogens (tertiary/aromatic N) is 1. The molecule has 5 heteroatoms. The van der Waals surface area contributed by atoms with E-state index in [9.17, 15) is 4.79 Å². The Bertz CT molecular complexity index is 356. The monoisotopic (exact) mass is 298 g/mol.